The van der Waals surface area contributed by atoms with Gasteiger partial charge in [-0.15, -0.1) is 0 Å². The normalized spacial score (nSPS) is 12.6. The van der Waals surface area contributed by atoms with Gasteiger partial charge in [-0.2, -0.15) is 4.31 Å². The number of nitrogens with zero attached hydrogens (tertiary/aromatic N) is 1. The number of rotatable bonds is 8. The van der Waals surface area contributed by atoms with Crippen molar-refractivity contribution in [3.63, 3.8) is 0 Å². The minimum Gasteiger partial charge on any atom is -0.496 e. The van der Waals surface area contributed by atoms with Gasteiger partial charge in [-0.3, -0.25) is 4.79 Å². The molecule has 0 aliphatic rings. The van der Waals surface area contributed by atoms with Crippen molar-refractivity contribution in [1.82, 2.24) is 9.62 Å². The second-order valence-corrected chi connectivity index (χ2v) is 7.85. The van der Waals surface area contributed by atoms with E-state index in [0.717, 1.165) is 22.0 Å². The number of amides is 1. The maximum Gasteiger partial charge on any atom is 0.243 e. The Balaban J connectivity index is 2.11. The molecular weight excluding hydrogens is 371 g/mol. The molecule has 146 valence electrons. The highest BCUT2D eigenvalue weighted by molar-refractivity contribution is 7.89. The first-order chi connectivity index (χ1) is 12.8. The number of carbonyl (C=O) groups excluding carboxylic acids is 1. The van der Waals surface area contributed by atoms with Crippen LogP contribution in [0.1, 0.15) is 25.5 Å². The number of ether oxygens (including phenoxy) is 1. The number of sulfonamides is 1. The van der Waals surface area contributed by atoms with Crippen LogP contribution in [0.3, 0.4) is 0 Å². The average Bonchev–Trinajstić information content (AvgIpc) is 2.66. The van der Waals surface area contributed by atoms with E-state index in [2.05, 4.69) is 5.32 Å². The van der Waals surface area contributed by atoms with Crippen LogP contribution in [0, 0.1) is 5.82 Å². The molecule has 0 saturated carbocycles. The first kappa shape index (κ1) is 20.9. The van der Waals surface area contributed by atoms with Crippen LogP contribution in [0.4, 0.5) is 4.39 Å². The number of hydrogen-bond acceptors (Lipinski definition) is 4. The van der Waals surface area contributed by atoms with Gasteiger partial charge in [0.2, 0.25) is 15.9 Å². The number of methoxy groups -OCH3 is 1. The molecule has 27 heavy (non-hydrogen) atoms. The largest absolute Gasteiger partial charge is 0.496 e. The summed E-state index contributed by atoms with van der Waals surface area (Å²) in [6, 6.07) is 11.4. The summed E-state index contributed by atoms with van der Waals surface area (Å²) in [6.45, 7) is 3.20. The van der Waals surface area contributed by atoms with Gasteiger partial charge < -0.3 is 10.1 Å². The Morgan fingerprint density at radius 3 is 2.41 bits per heavy atom. The maximum atomic E-state index is 13.1. The highest BCUT2D eigenvalue weighted by Gasteiger charge is 2.26. The summed E-state index contributed by atoms with van der Waals surface area (Å²) in [5, 5.41) is 2.78. The minimum absolute atomic E-state index is 0.0590. The zero-order valence-electron chi connectivity index (χ0n) is 15.5. The molecule has 0 unspecified atom stereocenters. The fraction of sp³-hybridized carbons (Fsp3) is 0.316. The Hall–Kier alpha value is -2.45. The Bertz CT molecular complexity index is 885. The fourth-order valence-electron chi connectivity index (χ4n) is 2.67. The molecule has 0 aromatic heterocycles. The molecule has 0 heterocycles. The number of benzene rings is 2. The van der Waals surface area contributed by atoms with E-state index in [4.69, 9.17) is 4.74 Å². The standard InChI is InChI=1S/C19H23FN2O4S/c1-4-22(27(24,25)16-11-9-15(20)10-12-16)13-19(23)21-14(2)17-7-5-6-8-18(17)26-3/h5-12,14H,4,13H2,1-3H3,(H,21,23)/t14-/m0/s1. The number of carbonyl (C=O) groups is 1. The molecular formula is C19H23FN2O4S. The molecule has 2 rings (SSSR count). The fourth-order valence-corrected chi connectivity index (χ4v) is 4.08. The maximum absolute atomic E-state index is 13.1. The van der Waals surface area contributed by atoms with Gasteiger partial charge in [-0.05, 0) is 37.3 Å². The first-order valence-corrected chi connectivity index (χ1v) is 9.91. The lowest BCUT2D eigenvalue weighted by Crippen LogP contribution is -2.41. The van der Waals surface area contributed by atoms with Gasteiger partial charge in [0, 0.05) is 12.1 Å². The number of hydrogen-bond donors (Lipinski definition) is 1. The van der Waals surface area contributed by atoms with E-state index in [-0.39, 0.29) is 24.0 Å². The zero-order valence-corrected chi connectivity index (χ0v) is 16.3. The van der Waals surface area contributed by atoms with Crippen LogP contribution in [-0.4, -0.2) is 38.8 Å². The molecule has 2 aromatic carbocycles. The van der Waals surface area contributed by atoms with E-state index >= 15 is 0 Å². The lowest BCUT2D eigenvalue weighted by atomic mass is 10.1. The number of halogens is 1. The van der Waals surface area contributed by atoms with Crippen LogP contribution in [0.2, 0.25) is 0 Å². The smallest absolute Gasteiger partial charge is 0.243 e. The van der Waals surface area contributed by atoms with Crippen molar-refractivity contribution in [3.8, 4) is 5.75 Å². The summed E-state index contributed by atoms with van der Waals surface area (Å²) in [5.41, 5.74) is 0.790. The summed E-state index contributed by atoms with van der Waals surface area (Å²) in [6.07, 6.45) is 0. The van der Waals surface area contributed by atoms with Crippen LogP contribution in [0.25, 0.3) is 0 Å². The molecule has 8 heteroatoms. The molecule has 6 nitrogen and oxygen atoms in total. The van der Waals surface area contributed by atoms with Crippen LogP contribution < -0.4 is 10.1 Å². The summed E-state index contributed by atoms with van der Waals surface area (Å²) in [4.78, 5) is 12.4. The second kappa shape index (κ2) is 8.96. The van der Waals surface area contributed by atoms with E-state index in [9.17, 15) is 17.6 Å². The third-order valence-corrected chi connectivity index (χ3v) is 6.04. The van der Waals surface area contributed by atoms with Crippen LogP contribution in [0.5, 0.6) is 5.75 Å². The Labute approximate surface area is 159 Å². The van der Waals surface area contributed by atoms with E-state index in [0.29, 0.717) is 5.75 Å². The summed E-state index contributed by atoms with van der Waals surface area (Å²) in [7, 11) is -2.35. The molecule has 1 N–H and O–H groups in total. The SMILES string of the molecule is CCN(CC(=O)N[C@@H](C)c1ccccc1OC)S(=O)(=O)c1ccc(F)cc1. The molecule has 0 bridgehead atoms. The molecule has 0 aliphatic heterocycles. The van der Waals surface area contributed by atoms with Crippen LogP contribution in [0.15, 0.2) is 53.4 Å². The lowest BCUT2D eigenvalue weighted by Gasteiger charge is -2.22. The topological polar surface area (TPSA) is 75.7 Å². The molecule has 2 aromatic rings. The summed E-state index contributed by atoms with van der Waals surface area (Å²) in [5.74, 6) is -0.335. The third-order valence-electron chi connectivity index (χ3n) is 4.11. The van der Waals surface area contributed by atoms with E-state index in [1.807, 2.05) is 18.2 Å². The molecule has 0 radical (unpaired) electrons. The van der Waals surface area contributed by atoms with Crippen molar-refractivity contribution in [2.45, 2.75) is 24.8 Å². The molecule has 0 saturated heterocycles. The van der Waals surface area contributed by atoms with Crippen LogP contribution >= 0.6 is 0 Å². The van der Waals surface area contributed by atoms with Crippen molar-refractivity contribution >= 4 is 15.9 Å². The van der Waals surface area contributed by atoms with Gasteiger partial charge >= 0.3 is 0 Å². The van der Waals surface area contributed by atoms with Gasteiger partial charge in [0.15, 0.2) is 0 Å². The Kier molecular flexibility index (Phi) is 6.92. The third kappa shape index (κ3) is 5.05. The predicted octanol–water partition coefficient (Wildman–Crippen LogP) is 2.72. The van der Waals surface area contributed by atoms with Gasteiger partial charge in [-0.25, -0.2) is 12.8 Å². The van der Waals surface area contributed by atoms with Crippen molar-refractivity contribution in [3.05, 3.63) is 59.9 Å². The molecule has 0 fully saturated rings. The van der Waals surface area contributed by atoms with Crippen molar-refractivity contribution in [1.29, 1.82) is 0 Å². The monoisotopic (exact) mass is 394 g/mol. The minimum atomic E-state index is -3.90. The lowest BCUT2D eigenvalue weighted by molar-refractivity contribution is -0.121. The van der Waals surface area contributed by atoms with E-state index in [1.165, 1.54) is 12.1 Å². The number of para-hydroxylation sites is 1. The number of nitrogens with one attached hydrogen (secondary N) is 1. The van der Waals surface area contributed by atoms with Crippen molar-refractivity contribution in [2.75, 3.05) is 20.2 Å². The highest BCUT2D eigenvalue weighted by Crippen LogP contribution is 2.24. The van der Waals surface area contributed by atoms with E-state index < -0.39 is 21.7 Å². The molecule has 1 atom stereocenters. The summed E-state index contributed by atoms with van der Waals surface area (Å²) < 4.78 is 44.7. The Morgan fingerprint density at radius 1 is 1.19 bits per heavy atom. The zero-order chi connectivity index (χ0) is 20.0. The van der Waals surface area contributed by atoms with Gasteiger partial charge in [0.1, 0.15) is 11.6 Å². The van der Waals surface area contributed by atoms with Crippen molar-refractivity contribution < 1.29 is 22.3 Å². The molecule has 1 amide bonds. The van der Waals surface area contributed by atoms with Gasteiger partial charge in [0.05, 0.1) is 24.6 Å². The van der Waals surface area contributed by atoms with Gasteiger partial charge in [0.25, 0.3) is 0 Å². The van der Waals surface area contributed by atoms with Gasteiger partial charge in [-0.1, -0.05) is 25.1 Å². The number of likely N-dealkylation sites (N-methyl/N-ethyl adjacent to an activating group) is 1. The first-order valence-electron chi connectivity index (χ1n) is 8.47. The Morgan fingerprint density at radius 2 is 1.81 bits per heavy atom. The van der Waals surface area contributed by atoms with Crippen molar-refractivity contribution in [2.24, 2.45) is 0 Å². The quantitative estimate of drug-likeness (QED) is 0.747. The molecule has 0 aliphatic carbocycles. The second-order valence-electron chi connectivity index (χ2n) is 5.92. The summed E-state index contributed by atoms with van der Waals surface area (Å²) >= 11 is 0. The molecule has 0 spiro atoms. The van der Waals surface area contributed by atoms with E-state index in [1.54, 1.807) is 27.0 Å². The predicted molar refractivity (Wildman–Crippen MR) is 100 cm³/mol. The average molecular weight is 394 g/mol. The van der Waals surface area contributed by atoms with Crippen LogP contribution in [-0.2, 0) is 14.8 Å². The highest BCUT2D eigenvalue weighted by atomic mass is 32.2.